The van der Waals surface area contributed by atoms with Gasteiger partial charge in [0, 0.05) is 18.7 Å². The summed E-state index contributed by atoms with van der Waals surface area (Å²) in [6, 6.07) is 3.44. The zero-order valence-corrected chi connectivity index (χ0v) is 13.7. The first kappa shape index (κ1) is 18.8. The van der Waals surface area contributed by atoms with Crippen molar-refractivity contribution in [3.63, 3.8) is 0 Å². The molecule has 0 aliphatic rings. The number of nitro benzene ring substituents is 1. The molecule has 0 aliphatic heterocycles. The summed E-state index contributed by atoms with van der Waals surface area (Å²) in [4.78, 5) is 21.6. The minimum Gasteiger partial charge on any atom is -0.468 e. The lowest BCUT2D eigenvalue weighted by Gasteiger charge is -2.26. The number of sulfonamides is 1. The van der Waals surface area contributed by atoms with Crippen LogP contribution in [-0.4, -0.2) is 43.3 Å². The molecule has 126 valence electrons. The summed E-state index contributed by atoms with van der Waals surface area (Å²) in [6.45, 7) is 4.99. The van der Waals surface area contributed by atoms with E-state index in [0.717, 1.165) is 28.6 Å². The van der Waals surface area contributed by atoms with Crippen molar-refractivity contribution in [1.29, 1.82) is 0 Å². The molecule has 0 unspecified atom stereocenters. The minimum atomic E-state index is -4.01. The van der Waals surface area contributed by atoms with Gasteiger partial charge in [0.15, 0.2) is 0 Å². The molecular weight excluding hydrogens is 324 g/mol. The van der Waals surface area contributed by atoms with Crippen molar-refractivity contribution in [2.45, 2.75) is 24.3 Å². The Balaban J connectivity index is 3.23. The maximum absolute atomic E-state index is 12.7. The highest BCUT2D eigenvalue weighted by Gasteiger charge is 2.33. The van der Waals surface area contributed by atoms with E-state index < -0.39 is 27.0 Å². The van der Waals surface area contributed by atoms with E-state index in [1.807, 2.05) is 0 Å². The fraction of sp³-hybridized carbons (Fsp3) is 0.357. The van der Waals surface area contributed by atoms with Gasteiger partial charge in [0.1, 0.15) is 6.04 Å². The van der Waals surface area contributed by atoms with Gasteiger partial charge in [-0.05, 0) is 25.5 Å². The largest absolute Gasteiger partial charge is 0.468 e. The van der Waals surface area contributed by atoms with Gasteiger partial charge in [0.05, 0.1) is 16.9 Å². The fourth-order valence-electron chi connectivity index (χ4n) is 1.90. The maximum Gasteiger partial charge on any atom is 0.323 e. The van der Waals surface area contributed by atoms with Crippen molar-refractivity contribution in [3.8, 4) is 0 Å². The number of non-ortho nitro benzene ring substituents is 1. The van der Waals surface area contributed by atoms with Gasteiger partial charge in [-0.2, -0.15) is 4.31 Å². The van der Waals surface area contributed by atoms with Crippen molar-refractivity contribution in [3.05, 3.63) is 47.0 Å². The van der Waals surface area contributed by atoms with Crippen molar-refractivity contribution in [2.75, 3.05) is 13.7 Å². The third-order valence-electron chi connectivity index (χ3n) is 3.18. The van der Waals surface area contributed by atoms with Crippen LogP contribution in [0.25, 0.3) is 0 Å². The third kappa shape index (κ3) is 4.36. The molecule has 9 heteroatoms. The SMILES string of the molecule is C=CCCN([C@@H](C)C(=O)OC)S(=O)(=O)c1ccc([N+](=O)[O-])cc1. The maximum atomic E-state index is 12.7. The van der Waals surface area contributed by atoms with Crippen LogP contribution in [0.1, 0.15) is 13.3 Å². The summed E-state index contributed by atoms with van der Waals surface area (Å²) in [5.74, 6) is -0.695. The van der Waals surface area contributed by atoms with Crippen LogP contribution in [0.5, 0.6) is 0 Å². The second-order valence-electron chi connectivity index (χ2n) is 4.64. The Morgan fingerprint density at radius 1 is 1.43 bits per heavy atom. The lowest BCUT2D eigenvalue weighted by atomic mass is 10.3. The Labute approximate surface area is 134 Å². The summed E-state index contributed by atoms with van der Waals surface area (Å²) < 4.78 is 31.0. The van der Waals surface area contributed by atoms with Gasteiger partial charge in [-0.3, -0.25) is 14.9 Å². The van der Waals surface area contributed by atoms with Crippen LogP contribution in [0.2, 0.25) is 0 Å². The average Bonchev–Trinajstić information content (AvgIpc) is 2.54. The standard InChI is InChI=1S/C14H18N2O6S/c1-4-5-10-15(11(2)14(17)22-3)23(20,21)13-8-6-12(7-9-13)16(18)19/h4,6-9,11H,1,5,10H2,2-3H3/t11-/m0/s1. The number of ether oxygens (including phenoxy) is 1. The molecule has 8 nitrogen and oxygen atoms in total. The number of rotatable bonds is 8. The molecule has 23 heavy (non-hydrogen) atoms. The van der Waals surface area contributed by atoms with Crippen LogP contribution in [0.15, 0.2) is 41.8 Å². The van der Waals surface area contributed by atoms with Crippen LogP contribution in [0, 0.1) is 10.1 Å². The average molecular weight is 342 g/mol. The van der Waals surface area contributed by atoms with E-state index in [0.29, 0.717) is 6.42 Å². The lowest BCUT2D eigenvalue weighted by Crippen LogP contribution is -2.44. The predicted molar refractivity (Wildman–Crippen MR) is 83.3 cm³/mol. The zero-order valence-electron chi connectivity index (χ0n) is 12.8. The van der Waals surface area contributed by atoms with E-state index in [9.17, 15) is 23.3 Å². The first-order chi connectivity index (χ1) is 10.8. The molecule has 1 aromatic rings. The molecule has 0 amide bonds. The van der Waals surface area contributed by atoms with E-state index in [-0.39, 0.29) is 17.1 Å². The van der Waals surface area contributed by atoms with Crippen molar-refractivity contribution < 1.29 is 22.9 Å². The van der Waals surface area contributed by atoms with Gasteiger partial charge in [-0.15, -0.1) is 6.58 Å². The molecule has 1 rings (SSSR count). The highest BCUT2D eigenvalue weighted by atomic mass is 32.2. The summed E-state index contributed by atoms with van der Waals surface area (Å²) in [5, 5.41) is 10.6. The Morgan fingerprint density at radius 3 is 2.43 bits per heavy atom. The Kier molecular flexibility index (Phi) is 6.40. The summed E-state index contributed by atoms with van der Waals surface area (Å²) in [5.41, 5.74) is -0.220. The van der Waals surface area contributed by atoms with Crippen LogP contribution in [-0.2, 0) is 19.6 Å². The molecule has 0 heterocycles. The highest BCUT2D eigenvalue weighted by Crippen LogP contribution is 2.22. The van der Waals surface area contributed by atoms with E-state index in [2.05, 4.69) is 11.3 Å². The number of carbonyl (C=O) groups excluding carboxylic acids is 1. The second kappa shape index (κ2) is 7.84. The van der Waals surface area contributed by atoms with Gasteiger partial charge in [-0.25, -0.2) is 8.42 Å². The second-order valence-corrected chi connectivity index (χ2v) is 6.53. The molecule has 0 saturated heterocycles. The quantitative estimate of drug-likeness (QED) is 0.308. The van der Waals surface area contributed by atoms with Gasteiger partial charge in [0.25, 0.3) is 5.69 Å². The fourth-order valence-corrected chi connectivity index (χ4v) is 3.50. The Bertz CT molecular complexity index is 684. The van der Waals surface area contributed by atoms with Gasteiger partial charge in [-0.1, -0.05) is 6.08 Å². The van der Waals surface area contributed by atoms with Crippen molar-refractivity contribution >= 4 is 21.7 Å². The molecule has 0 aliphatic carbocycles. The lowest BCUT2D eigenvalue weighted by molar-refractivity contribution is -0.384. The molecule has 0 radical (unpaired) electrons. The smallest absolute Gasteiger partial charge is 0.323 e. The number of carbonyl (C=O) groups is 1. The summed E-state index contributed by atoms with van der Waals surface area (Å²) in [7, 11) is -2.84. The predicted octanol–water partition coefficient (Wildman–Crippen LogP) is 1.72. The Hall–Kier alpha value is -2.26. The number of methoxy groups -OCH3 is 1. The monoisotopic (exact) mass is 342 g/mol. The van der Waals surface area contributed by atoms with Gasteiger partial charge in [0.2, 0.25) is 10.0 Å². The molecule has 0 fully saturated rings. The van der Waals surface area contributed by atoms with Crippen molar-refractivity contribution in [1.82, 2.24) is 4.31 Å². The van der Waals surface area contributed by atoms with Crippen LogP contribution < -0.4 is 0 Å². The van der Waals surface area contributed by atoms with E-state index in [1.54, 1.807) is 0 Å². The normalized spacial score (nSPS) is 12.7. The van der Waals surface area contributed by atoms with Gasteiger partial charge < -0.3 is 4.74 Å². The van der Waals surface area contributed by atoms with Crippen LogP contribution >= 0.6 is 0 Å². The number of nitrogens with zero attached hydrogens (tertiary/aromatic N) is 2. The molecule has 0 saturated carbocycles. The van der Waals surface area contributed by atoms with Crippen molar-refractivity contribution in [2.24, 2.45) is 0 Å². The topological polar surface area (TPSA) is 107 Å². The van der Waals surface area contributed by atoms with E-state index in [1.165, 1.54) is 20.1 Å². The highest BCUT2D eigenvalue weighted by molar-refractivity contribution is 7.89. The van der Waals surface area contributed by atoms with Gasteiger partial charge >= 0.3 is 5.97 Å². The number of hydrogen-bond donors (Lipinski definition) is 0. The molecule has 0 spiro atoms. The third-order valence-corrected chi connectivity index (χ3v) is 5.17. The summed E-state index contributed by atoms with van der Waals surface area (Å²) >= 11 is 0. The summed E-state index contributed by atoms with van der Waals surface area (Å²) in [6.07, 6.45) is 1.87. The van der Waals surface area contributed by atoms with Crippen LogP contribution in [0.3, 0.4) is 0 Å². The number of nitro groups is 1. The molecule has 1 aromatic carbocycles. The molecular formula is C14H18N2O6S. The number of benzene rings is 1. The Morgan fingerprint density at radius 2 is 2.00 bits per heavy atom. The first-order valence-electron chi connectivity index (χ1n) is 6.70. The number of esters is 1. The molecule has 1 atom stereocenters. The zero-order chi connectivity index (χ0) is 17.6. The van der Waals surface area contributed by atoms with E-state index >= 15 is 0 Å². The number of hydrogen-bond acceptors (Lipinski definition) is 6. The molecule has 0 bridgehead atoms. The molecule has 0 N–H and O–H groups in total. The first-order valence-corrected chi connectivity index (χ1v) is 8.14. The molecule has 0 aromatic heterocycles. The van der Waals surface area contributed by atoms with E-state index in [4.69, 9.17) is 0 Å². The minimum absolute atomic E-state index is 0.0408. The van der Waals surface area contributed by atoms with Crippen LogP contribution in [0.4, 0.5) is 5.69 Å².